The molecule has 0 spiro atoms. The van der Waals surface area contributed by atoms with Gasteiger partial charge in [-0.3, -0.25) is 4.79 Å². The minimum atomic E-state index is -0.521. The van der Waals surface area contributed by atoms with Gasteiger partial charge in [0.2, 0.25) is 0 Å². The quantitative estimate of drug-likeness (QED) is 0.425. The van der Waals surface area contributed by atoms with Crippen LogP contribution in [0.2, 0.25) is 0 Å². The highest BCUT2D eigenvalue weighted by atomic mass is 32.1. The number of carbonyl (C=O) groups excluding carboxylic acids is 2. The van der Waals surface area contributed by atoms with E-state index in [2.05, 4.69) is 10.2 Å². The summed E-state index contributed by atoms with van der Waals surface area (Å²) in [5, 5.41) is 4.67. The molecular formula is C19H22N2O3S. The lowest BCUT2D eigenvalue weighted by Gasteiger charge is -2.19. The van der Waals surface area contributed by atoms with Crippen LogP contribution in [0.25, 0.3) is 6.08 Å². The number of hydrogen-bond acceptors (Lipinski definition) is 5. The Balaban J connectivity index is 1.57. The van der Waals surface area contributed by atoms with Crippen molar-refractivity contribution in [2.24, 2.45) is 0 Å². The summed E-state index contributed by atoms with van der Waals surface area (Å²) >= 11 is 1.53. The third-order valence-corrected chi connectivity index (χ3v) is 4.30. The molecule has 0 saturated carbocycles. The number of rotatable bonds is 9. The van der Waals surface area contributed by atoms with Gasteiger partial charge in [0.05, 0.1) is 0 Å². The molecule has 1 amide bonds. The first kappa shape index (κ1) is 18.7. The van der Waals surface area contributed by atoms with Gasteiger partial charge in [0.25, 0.3) is 5.91 Å². The fourth-order valence-electron chi connectivity index (χ4n) is 2.13. The maximum absolute atomic E-state index is 11.7. The molecular weight excluding hydrogens is 336 g/mol. The summed E-state index contributed by atoms with van der Waals surface area (Å²) in [6.07, 6.45) is 3.81. The van der Waals surface area contributed by atoms with Crippen LogP contribution in [0.3, 0.4) is 0 Å². The van der Waals surface area contributed by atoms with Crippen molar-refractivity contribution in [1.82, 2.24) is 5.32 Å². The molecule has 0 bridgehead atoms. The summed E-state index contributed by atoms with van der Waals surface area (Å²) in [5.41, 5.74) is 1.14. The molecule has 0 fully saturated rings. The van der Waals surface area contributed by atoms with E-state index in [9.17, 15) is 9.59 Å². The number of hydrogen-bond donors (Lipinski definition) is 1. The molecule has 0 unspecified atom stereocenters. The number of amides is 1. The van der Waals surface area contributed by atoms with E-state index in [4.69, 9.17) is 4.74 Å². The summed E-state index contributed by atoms with van der Waals surface area (Å²) < 4.78 is 4.91. The SMILES string of the molecule is CN(CCCNC(=O)COC(=O)/C=C/c1cccs1)c1ccccc1. The van der Waals surface area contributed by atoms with Crippen molar-refractivity contribution in [3.63, 3.8) is 0 Å². The summed E-state index contributed by atoms with van der Waals surface area (Å²) in [5.74, 6) is -0.812. The molecule has 0 aliphatic rings. The lowest BCUT2D eigenvalue weighted by Crippen LogP contribution is -2.31. The number of ether oxygens (including phenoxy) is 1. The molecule has 2 aromatic rings. The van der Waals surface area contributed by atoms with Gasteiger partial charge in [0, 0.05) is 36.8 Å². The lowest BCUT2D eigenvalue weighted by atomic mass is 10.3. The molecule has 132 valence electrons. The van der Waals surface area contributed by atoms with Gasteiger partial charge in [-0.2, -0.15) is 0 Å². The smallest absolute Gasteiger partial charge is 0.331 e. The predicted molar refractivity (Wildman–Crippen MR) is 102 cm³/mol. The molecule has 6 heteroatoms. The van der Waals surface area contributed by atoms with Crippen LogP contribution in [0, 0.1) is 0 Å². The number of thiophene rings is 1. The largest absolute Gasteiger partial charge is 0.452 e. The molecule has 0 saturated heterocycles. The molecule has 5 nitrogen and oxygen atoms in total. The van der Waals surface area contributed by atoms with Crippen molar-refractivity contribution in [3.8, 4) is 0 Å². The molecule has 1 aromatic heterocycles. The van der Waals surface area contributed by atoms with Gasteiger partial charge in [-0.15, -0.1) is 11.3 Å². The highest BCUT2D eigenvalue weighted by Crippen LogP contribution is 2.11. The van der Waals surface area contributed by atoms with Crippen LogP contribution in [0.4, 0.5) is 5.69 Å². The summed E-state index contributed by atoms with van der Waals surface area (Å²) in [4.78, 5) is 26.3. The second kappa shape index (κ2) is 10.3. The first-order valence-electron chi connectivity index (χ1n) is 8.06. The third-order valence-electron chi connectivity index (χ3n) is 3.46. The van der Waals surface area contributed by atoms with Crippen molar-refractivity contribution < 1.29 is 14.3 Å². The number of carbonyl (C=O) groups is 2. The van der Waals surface area contributed by atoms with Gasteiger partial charge in [-0.1, -0.05) is 24.3 Å². The maximum atomic E-state index is 11.7. The second-order valence-corrected chi connectivity index (χ2v) is 6.40. The molecule has 1 heterocycles. The number of nitrogens with one attached hydrogen (secondary N) is 1. The van der Waals surface area contributed by atoms with E-state index in [1.54, 1.807) is 6.08 Å². The Bertz CT molecular complexity index is 684. The van der Waals surface area contributed by atoms with Crippen LogP contribution in [0.15, 0.2) is 53.9 Å². The van der Waals surface area contributed by atoms with E-state index in [1.807, 2.05) is 54.9 Å². The van der Waals surface area contributed by atoms with Crippen LogP contribution in [-0.4, -0.2) is 38.6 Å². The minimum Gasteiger partial charge on any atom is -0.452 e. The standard InChI is InChI=1S/C19H22N2O3S/c1-21(16-7-3-2-4-8-16)13-6-12-20-18(22)15-24-19(23)11-10-17-9-5-14-25-17/h2-5,7-11,14H,6,12-13,15H2,1H3,(H,20,22)/b11-10+. The Labute approximate surface area is 151 Å². The number of nitrogens with zero attached hydrogens (tertiary/aromatic N) is 1. The normalized spacial score (nSPS) is 10.6. The van der Waals surface area contributed by atoms with Gasteiger partial charge in [0.1, 0.15) is 0 Å². The Kier molecular flexibility index (Phi) is 7.72. The molecule has 25 heavy (non-hydrogen) atoms. The maximum Gasteiger partial charge on any atom is 0.331 e. The fourth-order valence-corrected chi connectivity index (χ4v) is 2.75. The van der Waals surface area contributed by atoms with Crippen molar-refractivity contribution in [3.05, 3.63) is 58.8 Å². The number of esters is 1. The van der Waals surface area contributed by atoms with Crippen molar-refractivity contribution in [1.29, 1.82) is 0 Å². The summed E-state index contributed by atoms with van der Waals surface area (Å²) in [7, 11) is 2.01. The highest BCUT2D eigenvalue weighted by Gasteiger charge is 2.05. The monoisotopic (exact) mass is 358 g/mol. The van der Waals surface area contributed by atoms with Crippen LogP contribution in [0.5, 0.6) is 0 Å². The zero-order valence-electron chi connectivity index (χ0n) is 14.2. The molecule has 0 aliphatic carbocycles. The highest BCUT2D eigenvalue weighted by molar-refractivity contribution is 7.10. The van der Waals surface area contributed by atoms with Crippen molar-refractivity contribution in [2.75, 3.05) is 31.6 Å². The molecule has 0 radical (unpaired) electrons. The van der Waals surface area contributed by atoms with E-state index in [0.717, 1.165) is 23.5 Å². The first-order valence-corrected chi connectivity index (χ1v) is 8.94. The Morgan fingerprint density at radius 3 is 2.72 bits per heavy atom. The minimum absolute atomic E-state index is 0.262. The third kappa shape index (κ3) is 7.22. The number of benzene rings is 1. The zero-order valence-corrected chi connectivity index (χ0v) is 15.0. The van der Waals surface area contributed by atoms with Gasteiger partial charge >= 0.3 is 5.97 Å². The van der Waals surface area contributed by atoms with E-state index in [-0.39, 0.29) is 12.5 Å². The van der Waals surface area contributed by atoms with Crippen LogP contribution in [-0.2, 0) is 14.3 Å². The van der Waals surface area contributed by atoms with E-state index in [0.29, 0.717) is 6.54 Å². The van der Waals surface area contributed by atoms with Crippen LogP contribution >= 0.6 is 11.3 Å². The number of para-hydroxylation sites is 1. The fraction of sp³-hybridized carbons (Fsp3) is 0.263. The van der Waals surface area contributed by atoms with E-state index >= 15 is 0 Å². The molecule has 1 aromatic carbocycles. The van der Waals surface area contributed by atoms with E-state index < -0.39 is 5.97 Å². The Morgan fingerprint density at radius 2 is 2.00 bits per heavy atom. The number of anilines is 1. The first-order chi connectivity index (χ1) is 12.1. The molecule has 0 atom stereocenters. The van der Waals surface area contributed by atoms with Crippen LogP contribution in [0.1, 0.15) is 11.3 Å². The van der Waals surface area contributed by atoms with Gasteiger partial charge in [-0.05, 0) is 36.1 Å². The Morgan fingerprint density at radius 1 is 1.20 bits per heavy atom. The average Bonchev–Trinajstić information content (AvgIpc) is 3.16. The average molecular weight is 358 g/mol. The predicted octanol–water partition coefficient (Wildman–Crippen LogP) is 2.95. The van der Waals surface area contributed by atoms with Gasteiger partial charge in [0.15, 0.2) is 6.61 Å². The molecule has 2 rings (SSSR count). The topological polar surface area (TPSA) is 58.6 Å². The molecule has 0 aliphatic heterocycles. The van der Waals surface area contributed by atoms with Gasteiger partial charge < -0.3 is 15.0 Å². The summed E-state index contributed by atoms with van der Waals surface area (Å²) in [6, 6.07) is 13.9. The van der Waals surface area contributed by atoms with Gasteiger partial charge in [-0.25, -0.2) is 4.79 Å². The van der Waals surface area contributed by atoms with Crippen LogP contribution < -0.4 is 10.2 Å². The van der Waals surface area contributed by atoms with Crippen molar-refractivity contribution in [2.45, 2.75) is 6.42 Å². The zero-order chi connectivity index (χ0) is 17.9. The lowest BCUT2D eigenvalue weighted by molar-refractivity contribution is -0.143. The van der Waals surface area contributed by atoms with E-state index in [1.165, 1.54) is 17.4 Å². The Hall–Kier alpha value is -2.60. The second-order valence-electron chi connectivity index (χ2n) is 5.42. The molecule has 1 N–H and O–H groups in total. The summed E-state index contributed by atoms with van der Waals surface area (Å²) in [6.45, 7) is 1.11. The van der Waals surface area contributed by atoms with Crippen molar-refractivity contribution >= 4 is 35.0 Å².